The van der Waals surface area contributed by atoms with Crippen molar-refractivity contribution in [3.8, 4) is 0 Å². The average Bonchev–Trinajstić information content (AvgIpc) is 2.99. The summed E-state index contributed by atoms with van der Waals surface area (Å²) in [6, 6.07) is 1.90. The van der Waals surface area contributed by atoms with Crippen LogP contribution in [0, 0.1) is 0 Å². The summed E-state index contributed by atoms with van der Waals surface area (Å²) in [7, 11) is 2.13. The van der Waals surface area contributed by atoms with Crippen LogP contribution in [0.25, 0.3) is 4.96 Å². The number of carbonyl (C=O) groups excluding carboxylic acids is 1. The molecule has 0 aromatic carbocycles. The van der Waals surface area contributed by atoms with Crippen LogP contribution in [0.4, 0.5) is 5.13 Å². The van der Waals surface area contributed by atoms with Crippen LogP contribution in [-0.2, 0) is 0 Å². The van der Waals surface area contributed by atoms with E-state index in [2.05, 4.69) is 32.2 Å². The Morgan fingerprint density at radius 1 is 1.17 bits per heavy atom. The summed E-state index contributed by atoms with van der Waals surface area (Å²) in [5.41, 5.74) is -0.131. The van der Waals surface area contributed by atoms with Gasteiger partial charge >= 0.3 is 0 Å². The van der Waals surface area contributed by atoms with E-state index < -0.39 is 5.56 Å². The van der Waals surface area contributed by atoms with E-state index >= 15 is 0 Å². The van der Waals surface area contributed by atoms with Crippen LogP contribution in [-0.4, -0.2) is 64.7 Å². The van der Waals surface area contributed by atoms with Gasteiger partial charge in [0.1, 0.15) is 5.69 Å². The third-order valence-corrected chi connectivity index (χ3v) is 7.27. The fourth-order valence-electron chi connectivity index (χ4n) is 4.50. The highest BCUT2D eigenvalue weighted by Gasteiger charge is 2.21. The molecule has 0 unspecified atom stereocenters. The maximum absolute atomic E-state index is 12.8. The largest absolute Gasteiger partial charge is 0.349 e. The number of carbonyl (C=O) groups is 1. The number of hydrogen-bond acceptors (Lipinski definition) is 7. The number of nitrogens with one attached hydrogen (secondary N) is 1. The molecule has 9 heteroatoms. The van der Waals surface area contributed by atoms with Crippen LogP contribution in [0.5, 0.6) is 0 Å². The second kappa shape index (κ2) is 9.87. The first kappa shape index (κ1) is 21.2. The Morgan fingerprint density at radius 2 is 1.87 bits per heavy atom. The Balaban J connectivity index is 1.44. The molecule has 2 aromatic rings. The number of hydrogen-bond donors (Lipinski definition) is 1. The second-order valence-corrected chi connectivity index (χ2v) is 9.42. The van der Waals surface area contributed by atoms with E-state index in [1.807, 2.05) is 0 Å². The molecule has 1 saturated heterocycles. The molecule has 1 aliphatic carbocycles. The molecule has 30 heavy (non-hydrogen) atoms. The number of fused-ring (bicyclic) bond motifs is 1. The molecule has 0 spiro atoms. The van der Waals surface area contributed by atoms with Crippen molar-refractivity contribution in [3.63, 3.8) is 0 Å². The van der Waals surface area contributed by atoms with Gasteiger partial charge in [0, 0.05) is 38.3 Å². The number of nitrogens with zero attached hydrogens (tertiary/aromatic N) is 5. The van der Waals surface area contributed by atoms with Gasteiger partial charge in [0.25, 0.3) is 11.5 Å². The van der Waals surface area contributed by atoms with Gasteiger partial charge in [-0.1, -0.05) is 43.4 Å². The van der Waals surface area contributed by atoms with Gasteiger partial charge in [-0.15, -0.1) is 5.10 Å². The third kappa shape index (κ3) is 5.00. The van der Waals surface area contributed by atoms with Crippen LogP contribution < -0.4 is 15.8 Å². The maximum Gasteiger partial charge on any atom is 0.274 e. The van der Waals surface area contributed by atoms with E-state index in [4.69, 9.17) is 0 Å². The van der Waals surface area contributed by atoms with Gasteiger partial charge in [-0.2, -0.15) is 9.50 Å². The zero-order valence-corrected chi connectivity index (χ0v) is 18.6. The second-order valence-electron chi connectivity index (χ2n) is 8.49. The molecule has 1 aliphatic heterocycles. The zero-order valence-electron chi connectivity index (χ0n) is 17.8. The highest BCUT2D eigenvalue weighted by molar-refractivity contribution is 7.20. The van der Waals surface area contributed by atoms with Crippen molar-refractivity contribution < 1.29 is 4.79 Å². The number of likely N-dealkylation sites (N-methyl/N-ethyl adjacent to an activating group) is 1. The molecule has 0 atom stereocenters. The molecule has 164 valence electrons. The predicted octanol–water partition coefficient (Wildman–Crippen LogP) is 2.53. The van der Waals surface area contributed by atoms with Crippen molar-refractivity contribution in [2.24, 2.45) is 0 Å². The molecule has 1 N–H and O–H groups in total. The van der Waals surface area contributed by atoms with Crippen molar-refractivity contribution in [1.82, 2.24) is 24.8 Å². The quantitative estimate of drug-likeness (QED) is 0.755. The Morgan fingerprint density at radius 3 is 2.60 bits per heavy atom. The fourth-order valence-corrected chi connectivity index (χ4v) is 5.46. The topological polar surface area (TPSA) is 82.8 Å². The predicted molar refractivity (Wildman–Crippen MR) is 120 cm³/mol. The summed E-state index contributed by atoms with van der Waals surface area (Å²) < 4.78 is 1.53. The van der Waals surface area contributed by atoms with Crippen LogP contribution in [0.2, 0.25) is 0 Å². The number of aromatic nitrogens is 3. The van der Waals surface area contributed by atoms with Gasteiger partial charge in [-0.05, 0) is 32.7 Å². The zero-order chi connectivity index (χ0) is 20.9. The molecule has 2 fully saturated rings. The molecular formula is C21H32N6O2S. The van der Waals surface area contributed by atoms with Gasteiger partial charge < -0.3 is 15.1 Å². The molecule has 2 aromatic heterocycles. The summed E-state index contributed by atoms with van der Waals surface area (Å²) in [5.74, 6) is -0.269. The van der Waals surface area contributed by atoms with Gasteiger partial charge in [0.15, 0.2) is 0 Å². The van der Waals surface area contributed by atoms with Crippen LogP contribution in [0.1, 0.15) is 68.3 Å². The number of anilines is 1. The fraction of sp³-hybridized carbons (Fsp3) is 0.714. The molecule has 2 aliphatic rings. The standard InChI is InChI=1S/C21H32N6O2S/c1-25(16-9-5-4-6-10-16)14-11-22-19(29)17-15-18(28)23-20-27(17)24-21(30-20)26-12-7-2-3-8-13-26/h15-16H,2-14H2,1H3,(H,22,29). The minimum Gasteiger partial charge on any atom is -0.349 e. The van der Waals surface area contributed by atoms with Crippen LogP contribution in [0.15, 0.2) is 10.9 Å². The molecular weight excluding hydrogens is 400 g/mol. The summed E-state index contributed by atoms with van der Waals surface area (Å²) in [5, 5.41) is 8.45. The average molecular weight is 433 g/mol. The minimum atomic E-state index is -0.398. The summed E-state index contributed by atoms with van der Waals surface area (Å²) in [6.07, 6.45) is 11.2. The number of amides is 1. The van der Waals surface area contributed by atoms with E-state index in [1.165, 1.54) is 66.9 Å². The monoisotopic (exact) mass is 432 g/mol. The lowest BCUT2D eigenvalue weighted by Crippen LogP contribution is -2.40. The van der Waals surface area contributed by atoms with E-state index in [0.29, 0.717) is 17.5 Å². The van der Waals surface area contributed by atoms with Crippen LogP contribution >= 0.6 is 11.3 Å². The van der Waals surface area contributed by atoms with E-state index in [-0.39, 0.29) is 11.6 Å². The molecule has 8 nitrogen and oxygen atoms in total. The minimum absolute atomic E-state index is 0.266. The first-order valence-electron chi connectivity index (χ1n) is 11.3. The van der Waals surface area contributed by atoms with Crippen molar-refractivity contribution in [3.05, 3.63) is 22.1 Å². The maximum atomic E-state index is 12.8. The Kier molecular flexibility index (Phi) is 6.99. The van der Waals surface area contributed by atoms with E-state index in [1.54, 1.807) is 0 Å². The Hall–Kier alpha value is -2.00. The lowest BCUT2D eigenvalue weighted by atomic mass is 9.94. The normalized spacial score (nSPS) is 18.7. The first-order valence-corrected chi connectivity index (χ1v) is 12.1. The van der Waals surface area contributed by atoms with Crippen molar-refractivity contribution in [2.45, 2.75) is 63.8 Å². The van der Waals surface area contributed by atoms with E-state index in [9.17, 15) is 9.59 Å². The van der Waals surface area contributed by atoms with Gasteiger partial charge in [0.05, 0.1) is 0 Å². The molecule has 0 bridgehead atoms. The lowest BCUT2D eigenvalue weighted by Gasteiger charge is -2.31. The summed E-state index contributed by atoms with van der Waals surface area (Å²) in [6.45, 7) is 3.27. The molecule has 0 radical (unpaired) electrons. The molecule has 4 rings (SSSR count). The Labute approximate surface area is 181 Å². The SMILES string of the molecule is CN(CCNC(=O)c1cc(=O)nc2sc(N3CCCCCC3)nn12)C1CCCCC1. The smallest absolute Gasteiger partial charge is 0.274 e. The molecule has 1 amide bonds. The van der Waals surface area contributed by atoms with Crippen molar-refractivity contribution >= 4 is 27.3 Å². The lowest BCUT2D eigenvalue weighted by molar-refractivity contribution is 0.0937. The highest BCUT2D eigenvalue weighted by Crippen LogP contribution is 2.25. The number of rotatable bonds is 6. The van der Waals surface area contributed by atoms with E-state index in [0.717, 1.165) is 37.6 Å². The summed E-state index contributed by atoms with van der Waals surface area (Å²) in [4.78, 5) is 34.1. The van der Waals surface area contributed by atoms with Gasteiger partial charge in [-0.3, -0.25) is 9.59 Å². The summed E-state index contributed by atoms with van der Waals surface area (Å²) >= 11 is 1.38. The van der Waals surface area contributed by atoms with Crippen molar-refractivity contribution in [2.75, 3.05) is 38.1 Å². The van der Waals surface area contributed by atoms with Crippen LogP contribution in [0.3, 0.4) is 0 Å². The Bertz CT molecular complexity index is 912. The molecule has 3 heterocycles. The van der Waals surface area contributed by atoms with Gasteiger partial charge in [0.2, 0.25) is 10.1 Å². The first-order chi connectivity index (χ1) is 14.6. The molecule has 1 saturated carbocycles. The van der Waals surface area contributed by atoms with Gasteiger partial charge in [-0.25, -0.2) is 0 Å². The third-order valence-electron chi connectivity index (χ3n) is 6.30. The van der Waals surface area contributed by atoms with Crippen molar-refractivity contribution in [1.29, 1.82) is 0 Å². The highest BCUT2D eigenvalue weighted by atomic mass is 32.1.